The van der Waals surface area contributed by atoms with Crippen molar-refractivity contribution in [1.82, 2.24) is 9.88 Å². The molecule has 1 aromatic heterocycles. The monoisotopic (exact) mass is 354 g/mol. The molecule has 21 heavy (non-hydrogen) atoms. The molecule has 0 aliphatic carbocycles. The smallest absolute Gasteiger partial charge is 0.226 e. The highest BCUT2D eigenvalue weighted by Crippen LogP contribution is 2.16. The first kappa shape index (κ1) is 20.2. The van der Waals surface area contributed by atoms with Gasteiger partial charge in [0.2, 0.25) is 5.91 Å². The number of amides is 1. The predicted octanol–water partition coefficient (Wildman–Crippen LogP) is 1.82. The first-order valence-corrected chi connectivity index (χ1v) is 6.85. The number of nitrogens with two attached hydrogens (primary N) is 1. The van der Waals surface area contributed by atoms with Crippen LogP contribution >= 0.6 is 36.4 Å². The molecule has 1 unspecified atom stereocenters. The summed E-state index contributed by atoms with van der Waals surface area (Å²) >= 11 is 5.82. The zero-order valence-corrected chi connectivity index (χ0v) is 14.3. The summed E-state index contributed by atoms with van der Waals surface area (Å²) in [6.45, 7) is 5.28. The van der Waals surface area contributed by atoms with Crippen LogP contribution in [0.15, 0.2) is 18.3 Å². The van der Waals surface area contributed by atoms with Crippen molar-refractivity contribution in [2.24, 2.45) is 11.7 Å². The molecule has 120 valence electrons. The molecule has 1 aliphatic rings. The molecule has 1 fully saturated rings. The first-order valence-electron chi connectivity index (χ1n) is 6.47. The molecule has 0 saturated carbocycles. The Hall–Kier alpha value is -0.750. The van der Waals surface area contributed by atoms with Crippen LogP contribution in [-0.4, -0.2) is 48.5 Å². The van der Waals surface area contributed by atoms with Gasteiger partial charge in [-0.15, -0.1) is 24.8 Å². The van der Waals surface area contributed by atoms with E-state index in [1.807, 2.05) is 24.0 Å². The van der Waals surface area contributed by atoms with Crippen LogP contribution in [0.5, 0.6) is 0 Å². The molecular formula is C13H21Cl3N4O. The van der Waals surface area contributed by atoms with Crippen LogP contribution in [0.1, 0.15) is 6.92 Å². The molecule has 1 amide bonds. The SMILES string of the molecule is CC(CN)C(=O)N1CCN(c2ccc(Cl)cn2)CC1.Cl.Cl. The highest BCUT2D eigenvalue weighted by Gasteiger charge is 2.24. The van der Waals surface area contributed by atoms with E-state index in [1.165, 1.54) is 0 Å². The van der Waals surface area contributed by atoms with Gasteiger partial charge in [0.05, 0.1) is 5.02 Å². The quantitative estimate of drug-likeness (QED) is 0.898. The van der Waals surface area contributed by atoms with Crippen LogP contribution in [0, 0.1) is 5.92 Å². The largest absolute Gasteiger partial charge is 0.353 e. The minimum absolute atomic E-state index is 0. The molecule has 2 heterocycles. The zero-order chi connectivity index (χ0) is 13.8. The van der Waals surface area contributed by atoms with Gasteiger partial charge in [0, 0.05) is 44.8 Å². The number of hydrogen-bond acceptors (Lipinski definition) is 4. The number of piperazine rings is 1. The third-order valence-corrected chi connectivity index (χ3v) is 3.63. The Morgan fingerprint density at radius 3 is 2.43 bits per heavy atom. The molecule has 0 bridgehead atoms. The van der Waals surface area contributed by atoms with E-state index in [0.29, 0.717) is 24.7 Å². The molecule has 1 aromatic rings. The van der Waals surface area contributed by atoms with Gasteiger partial charge in [-0.3, -0.25) is 4.79 Å². The predicted molar refractivity (Wildman–Crippen MR) is 90.8 cm³/mol. The second-order valence-electron chi connectivity index (χ2n) is 4.78. The van der Waals surface area contributed by atoms with E-state index in [-0.39, 0.29) is 36.6 Å². The molecule has 0 spiro atoms. The Morgan fingerprint density at radius 2 is 1.95 bits per heavy atom. The summed E-state index contributed by atoms with van der Waals surface area (Å²) in [5.74, 6) is 0.954. The van der Waals surface area contributed by atoms with Gasteiger partial charge in [0.25, 0.3) is 0 Å². The van der Waals surface area contributed by atoms with Crippen LogP contribution in [0.4, 0.5) is 5.82 Å². The van der Waals surface area contributed by atoms with Crippen molar-refractivity contribution >= 4 is 48.1 Å². The lowest BCUT2D eigenvalue weighted by molar-refractivity contribution is -0.134. The fourth-order valence-electron chi connectivity index (χ4n) is 2.12. The van der Waals surface area contributed by atoms with E-state index < -0.39 is 0 Å². The molecule has 8 heteroatoms. The minimum Gasteiger partial charge on any atom is -0.353 e. The molecule has 2 rings (SSSR count). The Balaban J connectivity index is 0.00000200. The van der Waals surface area contributed by atoms with Crippen molar-refractivity contribution < 1.29 is 4.79 Å². The second kappa shape index (κ2) is 9.30. The third-order valence-electron chi connectivity index (χ3n) is 3.40. The molecule has 1 atom stereocenters. The first-order chi connectivity index (χ1) is 9.11. The van der Waals surface area contributed by atoms with Crippen LogP contribution in [0.3, 0.4) is 0 Å². The van der Waals surface area contributed by atoms with E-state index in [1.54, 1.807) is 6.20 Å². The Bertz CT molecular complexity index is 436. The number of nitrogens with zero attached hydrogens (tertiary/aromatic N) is 3. The summed E-state index contributed by atoms with van der Waals surface area (Å²) in [7, 11) is 0. The van der Waals surface area contributed by atoms with Crippen molar-refractivity contribution in [3.05, 3.63) is 23.4 Å². The summed E-state index contributed by atoms with van der Waals surface area (Å²) < 4.78 is 0. The molecular weight excluding hydrogens is 335 g/mol. The molecule has 0 aromatic carbocycles. The summed E-state index contributed by atoms with van der Waals surface area (Å²) in [5.41, 5.74) is 5.53. The van der Waals surface area contributed by atoms with Crippen molar-refractivity contribution in [2.75, 3.05) is 37.6 Å². The number of hydrogen-bond donors (Lipinski definition) is 1. The third kappa shape index (κ3) is 5.18. The number of halogens is 3. The van der Waals surface area contributed by atoms with E-state index in [9.17, 15) is 4.79 Å². The molecule has 5 nitrogen and oxygen atoms in total. The summed E-state index contributed by atoms with van der Waals surface area (Å²) in [5, 5.41) is 0.634. The van der Waals surface area contributed by atoms with Crippen molar-refractivity contribution in [3.63, 3.8) is 0 Å². The van der Waals surface area contributed by atoms with Gasteiger partial charge >= 0.3 is 0 Å². The van der Waals surface area contributed by atoms with E-state index >= 15 is 0 Å². The highest BCUT2D eigenvalue weighted by atomic mass is 35.5. The van der Waals surface area contributed by atoms with E-state index in [4.69, 9.17) is 17.3 Å². The number of aromatic nitrogens is 1. The lowest BCUT2D eigenvalue weighted by atomic mass is 10.1. The van der Waals surface area contributed by atoms with Gasteiger partial charge in [-0.1, -0.05) is 18.5 Å². The van der Waals surface area contributed by atoms with Crippen LogP contribution < -0.4 is 10.6 Å². The average molecular weight is 356 g/mol. The fourth-order valence-corrected chi connectivity index (χ4v) is 2.24. The molecule has 2 N–H and O–H groups in total. The maximum absolute atomic E-state index is 12.0. The number of carbonyl (C=O) groups excluding carboxylic acids is 1. The standard InChI is InChI=1S/C13H19ClN4O.2ClH/c1-10(8-15)13(19)18-6-4-17(5-7-18)12-3-2-11(14)9-16-12;;/h2-3,9-10H,4-8,15H2,1H3;2*1H. The normalized spacial score (nSPS) is 15.8. The molecule has 1 saturated heterocycles. The van der Waals surface area contributed by atoms with Crippen LogP contribution in [-0.2, 0) is 4.79 Å². The van der Waals surface area contributed by atoms with Gasteiger partial charge in [0.15, 0.2) is 0 Å². The Morgan fingerprint density at radius 1 is 1.33 bits per heavy atom. The highest BCUT2D eigenvalue weighted by molar-refractivity contribution is 6.30. The molecule has 1 aliphatic heterocycles. The topological polar surface area (TPSA) is 62.5 Å². The second-order valence-corrected chi connectivity index (χ2v) is 5.22. The fraction of sp³-hybridized carbons (Fsp3) is 0.538. The lowest BCUT2D eigenvalue weighted by Gasteiger charge is -2.36. The minimum atomic E-state index is -0.0970. The summed E-state index contributed by atoms with van der Waals surface area (Å²) in [6.07, 6.45) is 1.64. The Kier molecular flexibility index (Phi) is 8.97. The summed E-state index contributed by atoms with van der Waals surface area (Å²) in [4.78, 5) is 20.3. The van der Waals surface area contributed by atoms with Crippen LogP contribution in [0.25, 0.3) is 0 Å². The van der Waals surface area contributed by atoms with Gasteiger partial charge in [-0.2, -0.15) is 0 Å². The van der Waals surface area contributed by atoms with Crippen molar-refractivity contribution in [1.29, 1.82) is 0 Å². The van der Waals surface area contributed by atoms with Crippen LogP contribution in [0.2, 0.25) is 5.02 Å². The maximum atomic E-state index is 12.0. The maximum Gasteiger partial charge on any atom is 0.226 e. The lowest BCUT2D eigenvalue weighted by Crippen LogP contribution is -2.51. The van der Waals surface area contributed by atoms with Gasteiger partial charge in [-0.25, -0.2) is 4.98 Å². The van der Waals surface area contributed by atoms with Crippen molar-refractivity contribution in [3.8, 4) is 0 Å². The number of pyridine rings is 1. The van der Waals surface area contributed by atoms with Gasteiger partial charge < -0.3 is 15.5 Å². The zero-order valence-electron chi connectivity index (χ0n) is 11.9. The molecule has 0 radical (unpaired) electrons. The van der Waals surface area contributed by atoms with E-state index in [0.717, 1.165) is 18.9 Å². The average Bonchev–Trinajstić information content (AvgIpc) is 2.46. The van der Waals surface area contributed by atoms with Gasteiger partial charge in [0.1, 0.15) is 5.82 Å². The van der Waals surface area contributed by atoms with Crippen molar-refractivity contribution in [2.45, 2.75) is 6.92 Å². The van der Waals surface area contributed by atoms with E-state index in [2.05, 4.69) is 9.88 Å². The Labute approximate surface area is 142 Å². The number of rotatable bonds is 3. The van der Waals surface area contributed by atoms with Gasteiger partial charge in [-0.05, 0) is 12.1 Å². The number of carbonyl (C=O) groups is 1. The number of anilines is 1. The summed E-state index contributed by atoms with van der Waals surface area (Å²) in [6, 6.07) is 3.74.